The van der Waals surface area contributed by atoms with Gasteiger partial charge in [0, 0.05) is 30.2 Å². The van der Waals surface area contributed by atoms with Crippen molar-refractivity contribution in [2.45, 2.75) is 30.1 Å². The number of carbonyl (C=O) groups is 1. The Morgan fingerprint density at radius 1 is 0.700 bits per heavy atom. The highest BCUT2D eigenvalue weighted by Crippen LogP contribution is 2.66. The van der Waals surface area contributed by atoms with Crippen LogP contribution < -0.4 is 14.2 Å². The summed E-state index contributed by atoms with van der Waals surface area (Å²) in [7, 11) is 0. The summed E-state index contributed by atoms with van der Waals surface area (Å²) < 4.78 is 18.3. The molecule has 0 radical (unpaired) electrons. The Balaban J connectivity index is 1.51. The molecule has 4 aromatic rings. The van der Waals surface area contributed by atoms with Crippen LogP contribution in [0.2, 0.25) is 0 Å². The minimum absolute atomic E-state index is 0.0143. The van der Waals surface area contributed by atoms with E-state index in [0.29, 0.717) is 11.1 Å². The van der Waals surface area contributed by atoms with Crippen LogP contribution in [-0.2, 0) is 16.6 Å². The maximum absolute atomic E-state index is 14.0. The van der Waals surface area contributed by atoms with Crippen molar-refractivity contribution < 1.29 is 49.6 Å². The Labute approximate surface area is 226 Å². The lowest BCUT2D eigenvalue weighted by molar-refractivity contribution is -0.139. The van der Waals surface area contributed by atoms with Crippen LogP contribution in [0.3, 0.4) is 0 Å². The molecule has 0 saturated carbocycles. The molecule has 0 bridgehead atoms. The fraction of sp³-hybridized carbons (Fsp3) is 0.167. The summed E-state index contributed by atoms with van der Waals surface area (Å²) in [5.74, 6) is -1.67. The van der Waals surface area contributed by atoms with Gasteiger partial charge in [0.15, 0.2) is 5.41 Å². The number of carbonyl (C=O) groups excluding carboxylic acids is 1. The molecule has 0 aliphatic carbocycles. The van der Waals surface area contributed by atoms with E-state index in [2.05, 4.69) is 0 Å². The number of rotatable bonds is 2. The molecule has 10 heteroatoms. The van der Waals surface area contributed by atoms with Gasteiger partial charge in [-0.05, 0) is 35.4 Å². The Hall–Kier alpha value is -5.09. The highest BCUT2D eigenvalue weighted by Gasteiger charge is 2.66. The topological polar surface area (TPSA) is 166 Å². The SMILES string of the molecule is O=C1Oc2cc(O)c3c(c2[C@]12c1c(O)cc(O)cc1O[C@@H]2c1ccc(O)cc1)O[C@H](c1ccc(O)cc1)[C@@H](O)C3. The molecule has 1 spiro atoms. The molecule has 0 saturated heterocycles. The number of aliphatic hydroxyl groups is 1. The molecule has 0 unspecified atom stereocenters. The Kier molecular flexibility index (Phi) is 4.92. The predicted molar refractivity (Wildman–Crippen MR) is 137 cm³/mol. The lowest BCUT2D eigenvalue weighted by Crippen LogP contribution is -2.40. The first-order chi connectivity index (χ1) is 19.2. The fourth-order valence-corrected chi connectivity index (χ4v) is 6.06. The third kappa shape index (κ3) is 3.16. The van der Waals surface area contributed by atoms with Crippen LogP contribution in [0.15, 0.2) is 66.7 Å². The fourth-order valence-electron chi connectivity index (χ4n) is 6.06. The van der Waals surface area contributed by atoms with Crippen LogP contribution in [0, 0.1) is 0 Å². The number of phenols is 5. The van der Waals surface area contributed by atoms with Crippen molar-refractivity contribution in [3.63, 3.8) is 0 Å². The van der Waals surface area contributed by atoms with Gasteiger partial charge in [-0.2, -0.15) is 0 Å². The number of ether oxygens (including phenoxy) is 3. The average molecular weight is 542 g/mol. The van der Waals surface area contributed by atoms with Gasteiger partial charge < -0.3 is 44.8 Å². The number of hydrogen-bond acceptors (Lipinski definition) is 10. The zero-order chi connectivity index (χ0) is 27.9. The first-order valence-corrected chi connectivity index (χ1v) is 12.5. The van der Waals surface area contributed by atoms with Crippen molar-refractivity contribution in [3.8, 4) is 46.0 Å². The minimum atomic E-state index is -1.85. The lowest BCUT2D eigenvalue weighted by Gasteiger charge is -2.35. The van der Waals surface area contributed by atoms with E-state index in [1.54, 1.807) is 24.3 Å². The standard InChI is InChI=1S/C30H22O10/c31-15-5-1-13(2-6-15)26-21(36)11-18-19(34)12-23-25(27(18)40-26)30(29(37)39-23)24-20(35)9-17(33)10-22(24)38-28(30)14-3-7-16(32)8-4-14/h1-10,12,21,26,28,31-36H,11H2/t21-,26+,28+,30-/m0/s1. The summed E-state index contributed by atoms with van der Waals surface area (Å²) in [5, 5.41) is 62.8. The molecule has 4 atom stereocenters. The number of hydrogen-bond donors (Lipinski definition) is 6. The second-order valence-corrected chi connectivity index (χ2v) is 10.1. The molecule has 40 heavy (non-hydrogen) atoms. The zero-order valence-corrected chi connectivity index (χ0v) is 20.6. The molecule has 10 nitrogen and oxygen atoms in total. The second-order valence-electron chi connectivity index (χ2n) is 10.1. The van der Waals surface area contributed by atoms with E-state index in [0.717, 1.165) is 6.07 Å². The van der Waals surface area contributed by atoms with Gasteiger partial charge in [-0.15, -0.1) is 0 Å². The molecule has 0 amide bonds. The summed E-state index contributed by atoms with van der Waals surface area (Å²) >= 11 is 0. The second kappa shape index (κ2) is 8.20. The van der Waals surface area contributed by atoms with Crippen LogP contribution >= 0.6 is 0 Å². The van der Waals surface area contributed by atoms with Crippen LogP contribution in [0.4, 0.5) is 0 Å². The van der Waals surface area contributed by atoms with E-state index in [9.17, 15) is 35.4 Å². The zero-order valence-electron chi connectivity index (χ0n) is 20.6. The smallest absolute Gasteiger partial charge is 0.331 e. The van der Waals surface area contributed by atoms with Crippen molar-refractivity contribution in [2.24, 2.45) is 0 Å². The van der Waals surface area contributed by atoms with Gasteiger partial charge in [-0.3, -0.25) is 4.79 Å². The summed E-state index contributed by atoms with van der Waals surface area (Å²) in [5.41, 5.74) is -0.410. The third-order valence-electron chi connectivity index (χ3n) is 7.77. The molecule has 6 N–H and O–H groups in total. The Morgan fingerprint density at radius 3 is 2.02 bits per heavy atom. The molecule has 0 aromatic heterocycles. The van der Waals surface area contributed by atoms with E-state index in [1.165, 1.54) is 36.4 Å². The largest absolute Gasteiger partial charge is 0.508 e. The molecular weight excluding hydrogens is 520 g/mol. The first-order valence-electron chi connectivity index (χ1n) is 12.5. The minimum Gasteiger partial charge on any atom is -0.508 e. The maximum atomic E-state index is 14.0. The van der Waals surface area contributed by atoms with E-state index in [1.807, 2.05) is 0 Å². The van der Waals surface area contributed by atoms with Gasteiger partial charge in [0.25, 0.3) is 0 Å². The van der Waals surface area contributed by atoms with Gasteiger partial charge in [0.1, 0.15) is 58.2 Å². The van der Waals surface area contributed by atoms with Gasteiger partial charge >= 0.3 is 5.97 Å². The van der Waals surface area contributed by atoms with Crippen molar-refractivity contribution in [1.82, 2.24) is 0 Å². The highest BCUT2D eigenvalue weighted by molar-refractivity contribution is 6.00. The molecular formula is C30H22O10. The van der Waals surface area contributed by atoms with Gasteiger partial charge in [-0.25, -0.2) is 0 Å². The summed E-state index contributed by atoms with van der Waals surface area (Å²) in [6.07, 6.45) is -3.20. The molecule has 3 heterocycles. The van der Waals surface area contributed by atoms with Gasteiger partial charge in [0.05, 0.1) is 17.2 Å². The average Bonchev–Trinajstić information content (AvgIpc) is 3.40. The molecule has 0 fully saturated rings. The van der Waals surface area contributed by atoms with Crippen molar-refractivity contribution in [1.29, 1.82) is 0 Å². The quantitative estimate of drug-likeness (QED) is 0.163. The third-order valence-corrected chi connectivity index (χ3v) is 7.77. The van der Waals surface area contributed by atoms with E-state index < -0.39 is 35.4 Å². The number of aromatic hydroxyl groups is 5. The van der Waals surface area contributed by atoms with Crippen LogP contribution in [0.5, 0.6) is 46.0 Å². The molecule has 202 valence electrons. The van der Waals surface area contributed by atoms with Gasteiger partial charge in [0.2, 0.25) is 0 Å². The monoisotopic (exact) mass is 542 g/mol. The van der Waals surface area contributed by atoms with Crippen molar-refractivity contribution in [2.75, 3.05) is 0 Å². The van der Waals surface area contributed by atoms with Crippen molar-refractivity contribution in [3.05, 3.63) is 94.5 Å². The van der Waals surface area contributed by atoms with E-state index in [4.69, 9.17) is 14.2 Å². The van der Waals surface area contributed by atoms with Crippen LogP contribution in [0.1, 0.15) is 40.0 Å². The number of esters is 1. The number of aliphatic hydroxyl groups excluding tert-OH is 1. The maximum Gasteiger partial charge on any atom is 0.331 e. The summed E-state index contributed by atoms with van der Waals surface area (Å²) in [6, 6.07) is 15.7. The number of fused-ring (bicyclic) bond motifs is 6. The number of benzene rings is 4. The first kappa shape index (κ1) is 24.0. The van der Waals surface area contributed by atoms with Crippen molar-refractivity contribution >= 4 is 5.97 Å². The molecule has 4 aromatic carbocycles. The van der Waals surface area contributed by atoms with Crippen LogP contribution in [0.25, 0.3) is 0 Å². The lowest BCUT2D eigenvalue weighted by atomic mass is 9.69. The molecule has 7 rings (SSSR count). The Morgan fingerprint density at radius 2 is 1.35 bits per heavy atom. The van der Waals surface area contributed by atoms with Crippen LogP contribution in [-0.4, -0.2) is 42.7 Å². The normalized spacial score (nSPS) is 24.0. The van der Waals surface area contributed by atoms with Gasteiger partial charge in [-0.1, -0.05) is 24.3 Å². The number of phenolic OH excluding ortho intramolecular Hbond substituents is 5. The highest BCUT2D eigenvalue weighted by atomic mass is 16.6. The summed E-state index contributed by atoms with van der Waals surface area (Å²) in [4.78, 5) is 14.0. The predicted octanol–water partition coefficient (Wildman–Crippen LogP) is 3.59. The Bertz CT molecular complexity index is 1700. The van der Waals surface area contributed by atoms with E-state index >= 15 is 0 Å². The molecule has 3 aliphatic rings. The summed E-state index contributed by atoms with van der Waals surface area (Å²) in [6.45, 7) is 0. The molecule has 3 aliphatic heterocycles. The van der Waals surface area contributed by atoms with E-state index in [-0.39, 0.29) is 63.4 Å².